The Morgan fingerprint density at radius 2 is 1.52 bits per heavy atom. The van der Waals surface area contributed by atoms with Crippen molar-refractivity contribution in [2.75, 3.05) is 40.3 Å². The third-order valence-electron chi connectivity index (χ3n) is 3.22. The zero-order valence-corrected chi connectivity index (χ0v) is 18.6. The second-order valence-corrected chi connectivity index (χ2v) is 5.99. The Bertz CT molecular complexity index is 442. The first-order valence-electron chi connectivity index (χ1n) is 7.71. The molecule has 1 fully saturated rings. The predicted molar refractivity (Wildman–Crippen MR) is 93.3 cm³/mol. The molecule has 1 aromatic rings. The van der Waals surface area contributed by atoms with Gasteiger partial charge in [-0.25, -0.2) is 0 Å². The maximum Gasteiger partial charge on any atom is 0.0318 e. The summed E-state index contributed by atoms with van der Waals surface area (Å²) >= 11 is 0. The van der Waals surface area contributed by atoms with Crippen LogP contribution in [0.5, 0.6) is 0 Å². The molecule has 1 aliphatic rings. The van der Waals surface area contributed by atoms with E-state index in [0.29, 0.717) is 6.04 Å². The van der Waals surface area contributed by atoms with Crippen molar-refractivity contribution in [2.24, 2.45) is 0 Å². The Morgan fingerprint density at radius 3 is 1.91 bits per heavy atom. The number of rotatable bonds is 3. The first-order valence-corrected chi connectivity index (χ1v) is 8.74. The fourth-order valence-electron chi connectivity index (χ4n) is 1.95. The number of nitrogens with zero attached hydrogens (tertiary/aromatic N) is 3. The summed E-state index contributed by atoms with van der Waals surface area (Å²) in [4.78, 5) is 2.50. The molecule has 7 heteroatoms. The average molecular weight is 416 g/mol. The van der Waals surface area contributed by atoms with E-state index in [2.05, 4.69) is 47.5 Å². The van der Waals surface area contributed by atoms with E-state index in [1.54, 1.807) is 0 Å². The van der Waals surface area contributed by atoms with Crippen molar-refractivity contribution in [1.82, 2.24) is 9.21 Å². The van der Waals surface area contributed by atoms with Gasteiger partial charge in [-0.15, -0.1) is 13.1 Å². The van der Waals surface area contributed by atoms with Crippen molar-refractivity contribution in [1.29, 1.82) is 0 Å². The van der Waals surface area contributed by atoms with Gasteiger partial charge in [-0.2, -0.15) is 0 Å². The van der Waals surface area contributed by atoms with Gasteiger partial charge in [0.2, 0.25) is 0 Å². The van der Waals surface area contributed by atoms with Gasteiger partial charge >= 0.3 is 0 Å². The molecule has 5 nitrogen and oxygen atoms in total. The molecule has 0 spiro atoms. The van der Waals surface area contributed by atoms with Crippen LogP contribution in [-0.4, -0.2) is 49.5 Å². The van der Waals surface area contributed by atoms with Crippen molar-refractivity contribution >= 4 is 10.9 Å². The predicted octanol–water partition coefficient (Wildman–Crippen LogP) is 3.23. The zero-order valence-electron chi connectivity index (χ0n) is 14.9. The van der Waals surface area contributed by atoms with Crippen LogP contribution in [0.15, 0.2) is 30.3 Å². The Labute approximate surface area is 168 Å². The largest absolute Gasteiger partial charge is 0.660 e. The minimum absolute atomic E-state index is 0. The minimum Gasteiger partial charge on any atom is -0.660 e. The fraction of sp³-hybridized carbons (Fsp3) is 0.625. The summed E-state index contributed by atoms with van der Waals surface area (Å²) in [7, 11) is 0.889. The van der Waals surface area contributed by atoms with Gasteiger partial charge in [0.05, 0.1) is 0 Å². The molecule has 1 aliphatic heterocycles. The van der Waals surface area contributed by atoms with Crippen molar-refractivity contribution in [3.63, 3.8) is 0 Å². The summed E-state index contributed by atoms with van der Waals surface area (Å²) in [5, 5.41) is 4.36. The van der Waals surface area contributed by atoms with Crippen LogP contribution in [-0.2, 0) is 52.0 Å². The normalized spacial score (nSPS) is 15.6. The molecular weight excluding hydrogens is 387 g/mol. The molecule has 0 aliphatic carbocycles. The Hall–Kier alpha value is 0.154. The maximum atomic E-state index is 9.62. The monoisotopic (exact) mass is 416 g/mol. The van der Waals surface area contributed by atoms with Crippen LogP contribution in [0.4, 0.5) is 0 Å². The van der Waals surface area contributed by atoms with Gasteiger partial charge < -0.3 is 22.9 Å². The summed E-state index contributed by atoms with van der Waals surface area (Å²) < 4.78 is 20.3. The molecule has 0 aromatic heterocycles. The topological polar surface area (TPSA) is 54.7 Å². The molecular formula is C16H29N3O2SY-2. The van der Waals surface area contributed by atoms with Crippen molar-refractivity contribution in [3.8, 4) is 0 Å². The van der Waals surface area contributed by atoms with E-state index in [4.69, 9.17) is 0 Å². The summed E-state index contributed by atoms with van der Waals surface area (Å²) in [6.45, 7) is 10.5. The Morgan fingerprint density at radius 1 is 1.09 bits per heavy atom. The minimum atomic E-state index is -2.03. The second-order valence-electron chi connectivity index (χ2n) is 4.82. The molecule has 0 saturated carbocycles. The molecule has 1 aromatic carbocycles. The molecule has 1 saturated heterocycles. The molecule has 0 amide bonds. The molecule has 1 unspecified atom stereocenters. The van der Waals surface area contributed by atoms with E-state index in [1.807, 2.05) is 13.8 Å². The summed E-state index contributed by atoms with van der Waals surface area (Å²) in [6.07, 6.45) is 0. The fourth-order valence-corrected chi connectivity index (χ4v) is 1.95. The summed E-state index contributed by atoms with van der Waals surface area (Å²) in [6, 6.07) is 11.2. The second kappa shape index (κ2) is 15.7. The van der Waals surface area contributed by atoms with Crippen LogP contribution in [0.3, 0.4) is 0 Å². The first-order chi connectivity index (χ1) is 10.5. The first kappa shape index (κ1) is 25.4. The van der Waals surface area contributed by atoms with Gasteiger partial charge in [-0.05, 0) is 50.6 Å². The van der Waals surface area contributed by atoms with Gasteiger partial charge in [-0.3, -0.25) is 0 Å². The number of piperazine rings is 1. The van der Waals surface area contributed by atoms with Crippen molar-refractivity contribution in [2.45, 2.75) is 26.8 Å². The van der Waals surface area contributed by atoms with E-state index in [-0.39, 0.29) is 32.7 Å². The van der Waals surface area contributed by atoms with E-state index in [9.17, 15) is 8.42 Å². The SMILES string of the molecule is CC.CC(c1ccccc1)N1CC[N-]CC1.CN(C)[S-](=O)=O.[Y]. The van der Waals surface area contributed by atoms with Crippen LogP contribution in [0, 0.1) is 0 Å². The quantitative estimate of drug-likeness (QED) is 0.711. The van der Waals surface area contributed by atoms with Crippen molar-refractivity contribution < 1.29 is 41.1 Å². The molecule has 1 atom stereocenters. The van der Waals surface area contributed by atoms with Gasteiger partial charge in [0.15, 0.2) is 0 Å². The van der Waals surface area contributed by atoms with E-state index in [0.717, 1.165) is 30.5 Å². The molecule has 0 bridgehead atoms. The van der Waals surface area contributed by atoms with Crippen LogP contribution in [0.1, 0.15) is 32.4 Å². The van der Waals surface area contributed by atoms with Crippen molar-refractivity contribution in [3.05, 3.63) is 41.2 Å². The van der Waals surface area contributed by atoms with Crippen LogP contribution < -0.4 is 0 Å². The molecule has 1 heterocycles. The number of benzene rings is 1. The van der Waals surface area contributed by atoms with Gasteiger partial charge in [0.1, 0.15) is 0 Å². The van der Waals surface area contributed by atoms with Gasteiger partial charge in [0.25, 0.3) is 0 Å². The molecule has 131 valence electrons. The maximum absolute atomic E-state index is 9.62. The molecule has 23 heavy (non-hydrogen) atoms. The van der Waals surface area contributed by atoms with Crippen LogP contribution in [0.2, 0.25) is 0 Å². The van der Waals surface area contributed by atoms with E-state index in [1.165, 1.54) is 19.7 Å². The van der Waals surface area contributed by atoms with Gasteiger partial charge in [-0.1, -0.05) is 44.2 Å². The zero-order chi connectivity index (χ0) is 17.0. The molecule has 0 N–H and O–H groups in total. The number of hydrogen-bond donors (Lipinski definition) is 0. The summed E-state index contributed by atoms with van der Waals surface area (Å²) in [5.41, 5.74) is 1.41. The van der Waals surface area contributed by atoms with E-state index >= 15 is 0 Å². The van der Waals surface area contributed by atoms with Gasteiger partial charge in [0, 0.05) is 38.8 Å². The third-order valence-corrected chi connectivity index (χ3v) is 3.81. The van der Waals surface area contributed by atoms with E-state index < -0.39 is 10.9 Å². The Balaban J connectivity index is 0. The van der Waals surface area contributed by atoms with Crippen LogP contribution in [0.25, 0.3) is 5.32 Å². The number of hydrogen-bond acceptors (Lipinski definition) is 4. The standard InChI is InChI=1S/C12H17N2.C2H6NO2S.C2H6.Y/c1-11(12-5-3-2-4-6-12)14-9-7-13-8-10-14;1-3(2)6(4)5;1-2;/h2-6,11H,7-10H2,1H3;1-2H3;1-2H3;/q2*-1;;. The molecule has 2 rings (SSSR count). The Kier molecular flexibility index (Phi) is 17.3. The molecule has 1 radical (unpaired) electrons. The average Bonchev–Trinajstić information content (AvgIpc) is 2.58. The third kappa shape index (κ3) is 11.4. The smallest absolute Gasteiger partial charge is 0.0318 e. The summed E-state index contributed by atoms with van der Waals surface area (Å²) in [5.74, 6) is 0. The van der Waals surface area contributed by atoms with Crippen LogP contribution >= 0.6 is 0 Å².